The first kappa shape index (κ1) is 14.9. The van der Waals surface area contributed by atoms with Gasteiger partial charge in [0, 0.05) is 27.5 Å². The smallest absolute Gasteiger partial charge is 0.258 e. The van der Waals surface area contributed by atoms with Crippen LogP contribution in [0.5, 0.6) is 0 Å². The van der Waals surface area contributed by atoms with Crippen molar-refractivity contribution in [3.8, 4) is 0 Å². The Bertz CT molecular complexity index is 834. The third-order valence-electron chi connectivity index (χ3n) is 2.91. The minimum atomic E-state index is -0.424. The van der Waals surface area contributed by atoms with E-state index in [4.69, 9.17) is 0 Å². The van der Waals surface area contributed by atoms with E-state index in [0.29, 0.717) is 5.56 Å². The molecular formula is C15H11N5O2S. The van der Waals surface area contributed by atoms with E-state index in [1.807, 2.05) is 30.3 Å². The average molecular weight is 325 g/mol. The summed E-state index contributed by atoms with van der Waals surface area (Å²) < 4.78 is 1.43. The zero-order valence-corrected chi connectivity index (χ0v) is 12.6. The standard InChI is InChI=1S/C15H11N5O2S/c21-20(22)13-6-7-15(23-14-4-2-1-3-5-14)12(8-13)9-18-19-10-16-17-11-19/h1-11H. The summed E-state index contributed by atoms with van der Waals surface area (Å²) in [5, 5.41) is 22.5. The summed E-state index contributed by atoms with van der Waals surface area (Å²) in [7, 11) is 0. The Balaban J connectivity index is 1.95. The molecule has 23 heavy (non-hydrogen) atoms. The first-order valence-electron chi connectivity index (χ1n) is 6.63. The van der Waals surface area contributed by atoms with Gasteiger partial charge in [-0.3, -0.25) is 10.1 Å². The maximum atomic E-state index is 11.0. The van der Waals surface area contributed by atoms with Crippen LogP contribution in [0.2, 0.25) is 0 Å². The van der Waals surface area contributed by atoms with E-state index in [0.717, 1.165) is 9.79 Å². The summed E-state index contributed by atoms with van der Waals surface area (Å²) in [5.74, 6) is 0. The van der Waals surface area contributed by atoms with Gasteiger partial charge in [-0.15, -0.1) is 10.2 Å². The Morgan fingerprint density at radius 2 is 1.87 bits per heavy atom. The van der Waals surface area contributed by atoms with Gasteiger partial charge in [-0.25, -0.2) is 4.68 Å². The zero-order chi connectivity index (χ0) is 16.1. The van der Waals surface area contributed by atoms with Crippen LogP contribution in [0.1, 0.15) is 5.56 Å². The molecule has 1 aromatic heterocycles. The Labute approximate surface area is 135 Å². The molecular weight excluding hydrogens is 314 g/mol. The third kappa shape index (κ3) is 3.80. The molecule has 0 aliphatic rings. The van der Waals surface area contributed by atoms with Gasteiger partial charge in [-0.05, 0) is 18.2 Å². The normalized spacial score (nSPS) is 11.0. The van der Waals surface area contributed by atoms with E-state index < -0.39 is 4.92 Å². The van der Waals surface area contributed by atoms with E-state index in [1.165, 1.54) is 41.2 Å². The first-order valence-corrected chi connectivity index (χ1v) is 7.44. The number of nitro groups is 1. The number of nitrogens with zero attached hydrogens (tertiary/aromatic N) is 5. The molecule has 0 saturated heterocycles. The molecule has 0 atom stereocenters. The molecule has 3 aromatic rings. The average Bonchev–Trinajstić information content (AvgIpc) is 3.08. The maximum absolute atomic E-state index is 11.0. The fourth-order valence-electron chi connectivity index (χ4n) is 1.84. The van der Waals surface area contributed by atoms with Crippen LogP contribution in [0.25, 0.3) is 0 Å². The Morgan fingerprint density at radius 3 is 2.57 bits per heavy atom. The molecule has 114 valence electrons. The predicted octanol–water partition coefficient (Wildman–Crippen LogP) is 3.22. The molecule has 0 N–H and O–H groups in total. The Hall–Kier alpha value is -3.00. The number of benzene rings is 2. The van der Waals surface area contributed by atoms with Crippen LogP contribution in [0.4, 0.5) is 5.69 Å². The van der Waals surface area contributed by atoms with Crippen molar-refractivity contribution >= 4 is 23.7 Å². The van der Waals surface area contributed by atoms with Crippen molar-refractivity contribution in [2.24, 2.45) is 5.10 Å². The molecule has 8 heteroatoms. The topological polar surface area (TPSA) is 86.2 Å². The van der Waals surface area contributed by atoms with Gasteiger partial charge in [0.05, 0.1) is 11.1 Å². The van der Waals surface area contributed by atoms with Gasteiger partial charge in [0.2, 0.25) is 0 Å². The molecule has 0 bridgehead atoms. The number of aromatic nitrogens is 3. The first-order chi connectivity index (χ1) is 11.2. The van der Waals surface area contributed by atoms with Gasteiger partial charge in [0.25, 0.3) is 5.69 Å². The molecule has 0 aliphatic carbocycles. The van der Waals surface area contributed by atoms with Crippen LogP contribution in [0, 0.1) is 10.1 Å². The van der Waals surface area contributed by atoms with Gasteiger partial charge in [0.1, 0.15) is 12.7 Å². The monoisotopic (exact) mass is 325 g/mol. The summed E-state index contributed by atoms with van der Waals surface area (Å²) in [6, 6.07) is 14.5. The second kappa shape index (κ2) is 6.84. The Morgan fingerprint density at radius 1 is 1.13 bits per heavy atom. The SMILES string of the molecule is O=[N+]([O-])c1ccc(Sc2ccccc2)c(C=Nn2cnnc2)c1. The minimum Gasteiger partial charge on any atom is -0.258 e. The third-order valence-corrected chi connectivity index (χ3v) is 4.01. The molecule has 0 saturated carbocycles. The van der Waals surface area contributed by atoms with E-state index in [-0.39, 0.29) is 5.69 Å². The summed E-state index contributed by atoms with van der Waals surface area (Å²) in [6.45, 7) is 0. The second-order valence-corrected chi connectivity index (χ2v) is 5.60. The number of non-ortho nitro benzene ring substituents is 1. The summed E-state index contributed by atoms with van der Waals surface area (Å²) in [4.78, 5) is 12.5. The van der Waals surface area contributed by atoms with Crippen molar-refractivity contribution in [1.82, 2.24) is 14.9 Å². The van der Waals surface area contributed by atoms with E-state index in [1.54, 1.807) is 12.3 Å². The van der Waals surface area contributed by atoms with Crippen molar-refractivity contribution in [3.63, 3.8) is 0 Å². The van der Waals surface area contributed by atoms with Crippen molar-refractivity contribution in [2.45, 2.75) is 9.79 Å². The highest BCUT2D eigenvalue weighted by Gasteiger charge is 2.11. The van der Waals surface area contributed by atoms with Crippen molar-refractivity contribution in [1.29, 1.82) is 0 Å². The van der Waals surface area contributed by atoms with Crippen LogP contribution in [-0.2, 0) is 0 Å². The van der Waals surface area contributed by atoms with Crippen LogP contribution >= 0.6 is 11.8 Å². The van der Waals surface area contributed by atoms with E-state index >= 15 is 0 Å². The van der Waals surface area contributed by atoms with E-state index in [9.17, 15) is 10.1 Å². The highest BCUT2D eigenvalue weighted by atomic mass is 32.2. The largest absolute Gasteiger partial charge is 0.270 e. The molecule has 7 nitrogen and oxygen atoms in total. The number of hydrogen-bond donors (Lipinski definition) is 0. The highest BCUT2D eigenvalue weighted by Crippen LogP contribution is 2.31. The van der Waals surface area contributed by atoms with Gasteiger partial charge in [-0.1, -0.05) is 30.0 Å². The summed E-state index contributed by atoms with van der Waals surface area (Å²) in [5.41, 5.74) is 0.675. The Kier molecular flexibility index (Phi) is 4.44. The van der Waals surface area contributed by atoms with Gasteiger partial charge in [-0.2, -0.15) is 5.10 Å². The lowest BCUT2D eigenvalue weighted by Gasteiger charge is -2.05. The molecule has 2 aromatic carbocycles. The maximum Gasteiger partial charge on any atom is 0.270 e. The lowest BCUT2D eigenvalue weighted by molar-refractivity contribution is -0.384. The second-order valence-electron chi connectivity index (χ2n) is 4.48. The highest BCUT2D eigenvalue weighted by molar-refractivity contribution is 7.99. The fraction of sp³-hybridized carbons (Fsp3) is 0. The van der Waals surface area contributed by atoms with Crippen molar-refractivity contribution in [3.05, 3.63) is 76.9 Å². The molecule has 1 heterocycles. The quantitative estimate of drug-likeness (QED) is 0.408. The number of rotatable bonds is 5. The van der Waals surface area contributed by atoms with Gasteiger partial charge < -0.3 is 0 Å². The van der Waals surface area contributed by atoms with E-state index in [2.05, 4.69) is 15.3 Å². The molecule has 0 spiro atoms. The lowest BCUT2D eigenvalue weighted by Crippen LogP contribution is -1.94. The van der Waals surface area contributed by atoms with Crippen LogP contribution in [0.15, 0.2) is 76.1 Å². The number of nitro benzene ring substituents is 1. The van der Waals surface area contributed by atoms with Crippen molar-refractivity contribution < 1.29 is 4.92 Å². The molecule has 0 aliphatic heterocycles. The summed E-state index contributed by atoms with van der Waals surface area (Å²) in [6.07, 6.45) is 4.44. The van der Waals surface area contributed by atoms with Crippen LogP contribution in [-0.4, -0.2) is 26.0 Å². The van der Waals surface area contributed by atoms with Gasteiger partial charge >= 0.3 is 0 Å². The van der Waals surface area contributed by atoms with Gasteiger partial charge in [0.15, 0.2) is 0 Å². The zero-order valence-electron chi connectivity index (χ0n) is 11.8. The van der Waals surface area contributed by atoms with Crippen LogP contribution in [0.3, 0.4) is 0 Å². The lowest BCUT2D eigenvalue weighted by atomic mass is 10.2. The number of hydrogen-bond acceptors (Lipinski definition) is 6. The molecule has 0 fully saturated rings. The van der Waals surface area contributed by atoms with Crippen molar-refractivity contribution in [2.75, 3.05) is 0 Å². The predicted molar refractivity (Wildman–Crippen MR) is 86.7 cm³/mol. The fourth-order valence-corrected chi connectivity index (χ4v) is 2.76. The molecule has 0 unspecified atom stereocenters. The molecule has 0 amide bonds. The summed E-state index contributed by atoms with van der Waals surface area (Å²) >= 11 is 1.52. The van der Waals surface area contributed by atoms with Crippen LogP contribution < -0.4 is 0 Å². The molecule has 3 rings (SSSR count). The molecule has 0 radical (unpaired) electrons. The minimum absolute atomic E-state index is 0.0209.